The number of aryl methyl sites for hydroxylation is 1. The molecule has 0 amide bonds. The van der Waals surface area contributed by atoms with Crippen LogP contribution in [0.1, 0.15) is 50.2 Å². The Balaban J connectivity index is 1.40. The van der Waals surface area contributed by atoms with Gasteiger partial charge in [0.25, 0.3) is 0 Å². The van der Waals surface area contributed by atoms with Gasteiger partial charge in [0.1, 0.15) is 0 Å². The molecule has 104 valence electrons. The average molecular weight is 261 g/mol. The van der Waals surface area contributed by atoms with Crippen LogP contribution in [0.4, 0.5) is 0 Å². The highest BCUT2D eigenvalue weighted by Gasteiger charge is 2.47. The van der Waals surface area contributed by atoms with Crippen molar-refractivity contribution in [3.05, 3.63) is 11.7 Å². The van der Waals surface area contributed by atoms with Gasteiger partial charge in [-0.15, -0.1) is 0 Å². The molecule has 1 heterocycles. The van der Waals surface area contributed by atoms with Crippen LogP contribution in [0.5, 0.6) is 0 Å². The van der Waals surface area contributed by atoms with Crippen LogP contribution in [0, 0.1) is 29.6 Å². The summed E-state index contributed by atoms with van der Waals surface area (Å²) in [7, 11) is 0. The molecule has 4 aliphatic carbocycles. The van der Waals surface area contributed by atoms with Crippen molar-refractivity contribution in [2.24, 2.45) is 35.3 Å². The van der Waals surface area contributed by atoms with E-state index in [0.717, 1.165) is 41.9 Å². The quantitative estimate of drug-likeness (QED) is 0.904. The van der Waals surface area contributed by atoms with Crippen molar-refractivity contribution >= 4 is 0 Å². The molecule has 5 rings (SSSR count). The third-order valence-corrected chi connectivity index (χ3v) is 5.81. The fourth-order valence-corrected chi connectivity index (χ4v) is 5.27. The zero-order valence-electron chi connectivity index (χ0n) is 11.4. The molecule has 0 saturated heterocycles. The molecule has 0 spiro atoms. The first-order valence-corrected chi connectivity index (χ1v) is 7.83. The Morgan fingerprint density at radius 3 is 2.32 bits per heavy atom. The van der Waals surface area contributed by atoms with E-state index in [0.29, 0.717) is 12.4 Å². The molecule has 4 nitrogen and oxygen atoms in total. The van der Waals surface area contributed by atoms with Crippen molar-refractivity contribution in [1.29, 1.82) is 0 Å². The van der Waals surface area contributed by atoms with Gasteiger partial charge in [0.05, 0.1) is 6.54 Å². The molecular weight excluding hydrogens is 238 g/mol. The van der Waals surface area contributed by atoms with Crippen LogP contribution in [0.25, 0.3) is 0 Å². The van der Waals surface area contributed by atoms with Gasteiger partial charge in [-0.3, -0.25) is 0 Å². The van der Waals surface area contributed by atoms with E-state index in [2.05, 4.69) is 10.1 Å². The minimum absolute atomic E-state index is 0.377. The van der Waals surface area contributed by atoms with E-state index in [9.17, 15) is 0 Å². The van der Waals surface area contributed by atoms with Crippen LogP contribution in [-0.2, 0) is 13.0 Å². The number of nitrogens with zero attached hydrogens (tertiary/aromatic N) is 2. The minimum atomic E-state index is 0.377. The van der Waals surface area contributed by atoms with Crippen molar-refractivity contribution < 1.29 is 4.52 Å². The Morgan fingerprint density at radius 2 is 1.74 bits per heavy atom. The third-order valence-electron chi connectivity index (χ3n) is 5.81. The maximum atomic E-state index is 5.51. The highest BCUT2D eigenvalue weighted by atomic mass is 16.5. The lowest BCUT2D eigenvalue weighted by atomic mass is 9.51. The van der Waals surface area contributed by atoms with Crippen molar-refractivity contribution in [2.75, 3.05) is 0 Å². The lowest BCUT2D eigenvalue weighted by Crippen LogP contribution is -2.45. The van der Waals surface area contributed by atoms with Crippen molar-refractivity contribution in [3.8, 4) is 0 Å². The molecule has 1 aromatic heterocycles. The summed E-state index contributed by atoms with van der Waals surface area (Å²) >= 11 is 0. The summed E-state index contributed by atoms with van der Waals surface area (Å²) in [5.41, 5.74) is 5.51. The molecule has 0 unspecified atom stereocenters. The Kier molecular flexibility index (Phi) is 2.87. The van der Waals surface area contributed by atoms with E-state index in [1.165, 1.54) is 38.5 Å². The molecule has 4 saturated carbocycles. The van der Waals surface area contributed by atoms with Gasteiger partial charge in [0.15, 0.2) is 5.82 Å². The number of nitrogens with two attached hydrogens (primary N) is 1. The summed E-state index contributed by atoms with van der Waals surface area (Å²) in [6, 6.07) is 0. The van der Waals surface area contributed by atoms with Gasteiger partial charge in [0, 0.05) is 6.42 Å². The summed E-state index contributed by atoms with van der Waals surface area (Å²) in [5.74, 6) is 6.45. The van der Waals surface area contributed by atoms with Crippen LogP contribution in [0.3, 0.4) is 0 Å². The van der Waals surface area contributed by atoms with Crippen LogP contribution in [0.15, 0.2) is 4.52 Å². The topological polar surface area (TPSA) is 64.9 Å². The standard InChI is InChI=1S/C15H23N3O/c16-8-14-17-15(19-18-14)2-1-13-11-4-9-3-10(6-11)7-12(13)5-9/h9-13H,1-8,16H2. The Hall–Kier alpha value is -0.900. The number of aromatic nitrogens is 2. The summed E-state index contributed by atoms with van der Waals surface area (Å²) in [6.45, 7) is 0.377. The molecule has 4 bridgehead atoms. The normalized spacial score (nSPS) is 39.9. The van der Waals surface area contributed by atoms with Gasteiger partial charge in [-0.25, -0.2) is 0 Å². The second-order valence-corrected chi connectivity index (χ2v) is 6.94. The summed E-state index contributed by atoms with van der Waals surface area (Å²) in [5, 5.41) is 3.88. The fourth-order valence-electron chi connectivity index (χ4n) is 5.27. The van der Waals surface area contributed by atoms with E-state index in [1.54, 1.807) is 0 Å². The maximum absolute atomic E-state index is 5.51. The molecule has 4 fully saturated rings. The highest BCUT2D eigenvalue weighted by molar-refractivity contribution is 4.99. The van der Waals surface area contributed by atoms with Gasteiger partial charge in [-0.2, -0.15) is 4.98 Å². The Labute approximate surface area is 114 Å². The maximum Gasteiger partial charge on any atom is 0.226 e. The van der Waals surface area contributed by atoms with Gasteiger partial charge in [0.2, 0.25) is 5.89 Å². The number of hydrogen-bond acceptors (Lipinski definition) is 4. The number of hydrogen-bond donors (Lipinski definition) is 1. The fraction of sp³-hybridized carbons (Fsp3) is 0.867. The second kappa shape index (κ2) is 4.58. The monoisotopic (exact) mass is 261 g/mol. The number of rotatable bonds is 4. The molecule has 4 heteroatoms. The predicted molar refractivity (Wildman–Crippen MR) is 71.0 cm³/mol. The Bertz CT molecular complexity index is 428. The van der Waals surface area contributed by atoms with Gasteiger partial charge in [-0.1, -0.05) is 5.16 Å². The summed E-state index contributed by atoms with van der Waals surface area (Å²) in [6.07, 6.45) is 9.69. The summed E-state index contributed by atoms with van der Waals surface area (Å²) in [4.78, 5) is 4.33. The molecule has 19 heavy (non-hydrogen) atoms. The SMILES string of the molecule is NCc1noc(CCC2C3CC4CC(C3)CC2C4)n1. The van der Waals surface area contributed by atoms with E-state index in [-0.39, 0.29) is 0 Å². The molecule has 2 N–H and O–H groups in total. The van der Waals surface area contributed by atoms with Gasteiger partial charge < -0.3 is 10.3 Å². The van der Waals surface area contributed by atoms with E-state index < -0.39 is 0 Å². The van der Waals surface area contributed by atoms with Crippen molar-refractivity contribution in [1.82, 2.24) is 10.1 Å². The second-order valence-electron chi connectivity index (χ2n) is 6.94. The van der Waals surface area contributed by atoms with Crippen molar-refractivity contribution in [3.63, 3.8) is 0 Å². The van der Waals surface area contributed by atoms with E-state index in [4.69, 9.17) is 10.3 Å². The van der Waals surface area contributed by atoms with Crippen LogP contribution in [-0.4, -0.2) is 10.1 Å². The van der Waals surface area contributed by atoms with Gasteiger partial charge in [-0.05, 0) is 68.1 Å². The molecule has 0 aromatic carbocycles. The molecule has 0 radical (unpaired) electrons. The molecule has 4 aliphatic rings. The molecule has 1 aromatic rings. The van der Waals surface area contributed by atoms with E-state index in [1.807, 2.05) is 0 Å². The third kappa shape index (κ3) is 2.10. The first-order valence-electron chi connectivity index (χ1n) is 7.83. The van der Waals surface area contributed by atoms with E-state index >= 15 is 0 Å². The molecule has 0 atom stereocenters. The highest BCUT2D eigenvalue weighted by Crippen LogP contribution is 2.57. The largest absolute Gasteiger partial charge is 0.339 e. The smallest absolute Gasteiger partial charge is 0.226 e. The van der Waals surface area contributed by atoms with Crippen molar-refractivity contribution in [2.45, 2.75) is 51.5 Å². The van der Waals surface area contributed by atoms with Crippen LogP contribution < -0.4 is 5.73 Å². The first kappa shape index (κ1) is 11.9. The van der Waals surface area contributed by atoms with Crippen LogP contribution in [0.2, 0.25) is 0 Å². The average Bonchev–Trinajstić information content (AvgIpc) is 2.85. The van der Waals surface area contributed by atoms with Crippen LogP contribution >= 0.6 is 0 Å². The lowest BCUT2D eigenvalue weighted by Gasteiger charge is -2.54. The minimum Gasteiger partial charge on any atom is -0.339 e. The molecule has 0 aliphatic heterocycles. The first-order chi connectivity index (χ1) is 9.31. The van der Waals surface area contributed by atoms with Gasteiger partial charge >= 0.3 is 0 Å². The molecular formula is C15H23N3O. The summed E-state index contributed by atoms with van der Waals surface area (Å²) < 4.78 is 5.26. The Morgan fingerprint density at radius 1 is 1.05 bits per heavy atom. The predicted octanol–water partition coefficient (Wildman–Crippen LogP) is 2.53. The lowest BCUT2D eigenvalue weighted by molar-refractivity contribution is -0.0400. The zero-order chi connectivity index (χ0) is 12.8. The zero-order valence-corrected chi connectivity index (χ0v) is 11.4.